The van der Waals surface area contributed by atoms with Gasteiger partial charge in [-0.2, -0.15) is 0 Å². The van der Waals surface area contributed by atoms with Gasteiger partial charge in [0.05, 0.1) is 0 Å². The van der Waals surface area contributed by atoms with Gasteiger partial charge in [-0.3, -0.25) is 4.79 Å². The number of alkyl carbamates (subject to hydrolysis) is 1. The van der Waals surface area contributed by atoms with Crippen LogP contribution in [0.2, 0.25) is 0 Å². The monoisotopic (exact) mass is 347 g/mol. The molecule has 2 rings (SSSR count). The van der Waals surface area contributed by atoms with Crippen LogP contribution in [-0.2, 0) is 20.7 Å². The molecule has 0 saturated carbocycles. The number of para-hydroxylation sites is 1. The molecule has 136 valence electrons. The summed E-state index contributed by atoms with van der Waals surface area (Å²) in [5, 5.41) is 6.27. The Morgan fingerprint density at radius 1 is 1.24 bits per heavy atom. The highest BCUT2D eigenvalue weighted by molar-refractivity contribution is 5.88. The lowest BCUT2D eigenvalue weighted by atomic mass is 10.0. The Labute approximate surface area is 147 Å². The van der Waals surface area contributed by atoms with Gasteiger partial charge in [0.2, 0.25) is 5.91 Å². The lowest BCUT2D eigenvalue weighted by Gasteiger charge is -2.23. The van der Waals surface area contributed by atoms with Crippen molar-refractivity contribution in [2.75, 3.05) is 13.8 Å². The van der Waals surface area contributed by atoms with Crippen molar-refractivity contribution in [2.45, 2.75) is 38.8 Å². The number of fused-ring (bicyclic) bond motifs is 1. The van der Waals surface area contributed by atoms with Gasteiger partial charge < -0.3 is 25.1 Å². The summed E-state index contributed by atoms with van der Waals surface area (Å²) in [4.78, 5) is 27.6. The normalized spacial score (nSPS) is 12.6. The predicted molar refractivity (Wildman–Crippen MR) is 95.2 cm³/mol. The molecule has 25 heavy (non-hydrogen) atoms. The van der Waals surface area contributed by atoms with E-state index in [-0.39, 0.29) is 12.6 Å². The second-order valence-electron chi connectivity index (χ2n) is 6.74. The summed E-state index contributed by atoms with van der Waals surface area (Å²) >= 11 is 0. The number of rotatable bonds is 6. The first kappa shape index (κ1) is 18.8. The smallest absolute Gasteiger partial charge is 0.408 e. The van der Waals surface area contributed by atoms with Gasteiger partial charge in [0.15, 0.2) is 0 Å². The van der Waals surface area contributed by atoms with Crippen LogP contribution in [0.25, 0.3) is 10.9 Å². The van der Waals surface area contributed by atoms with E-state index in [9.17, 15) is 9.59 Å². The summed E-state index contributed by atoms with van der Waals surface area (Å²) < 4.78 is 10.1. The first-order chi connectivity index (χ1) is 11.8. The molecule has 0 fully saturated rings. The SMILES string of the molecule is COCNC(=O)[C@H](Cc1c[nH]c2ccccc12)NC(=O)OC(C)(C)C. The number of aromatic amines is 1. The standard InChI is InChI=1S/C18H25N3O4/c1-18(2,3)25-17(23)21-15(16(22)20-11-24-4)9-12-10-19-14-8-6-5-7-13(12)14/h5-8,10,15,19H,9,11H2,1-4H3,(H,20,22)(H,21,23)/t15-/m0/s1. The third-order valence-electron chi connectivity index (χ3n) is 3.50. The number of amides is 2. The zero-order chi connectivity index (χ0) is 18.4. The minimum absolute atomic E-state index is 0.0687. The minimum Gasteiger partial charge on any atom is -0.444 e. The Kier molecular flexibility index (Phi) is 6.03. The van der Waals surface area contributed by atoms with E-state index in [0.717, 1.165) is 16.5 Å². The largest absolute Gasteiger partial charge is 0.444 e. The van der Waals surface area contributed by atoms with Crippen LogP contribution in [0.4, 0.5) is 4.79 Å². The van der Waals surface area contributed by atoms with Crippen molar-refractivity contribution in [2.24, 2.45) is 0 Å². The fourth-order valence-electron chi connectivity index (χ4n) is 2.45. The molecule has 0 bridgehead atoms. The van der Waals surface area contributed by atoms with Gasteiger partial charge in [-0.15, -0.1) is 0 Å². The average Bonchev–Trinajstić information content (AvgIpc) is 2.93. The highest BCUT2D eigenvalue weighted by Crippen LogP contribution is 2.19. The molecule has 0 saturated heterocycles. The molecule has 0 aliphatic carbocycles. The second-order valence-corrected chi connectivity index (χ2v) is 6.74. The van der Waals surface area contributed by atoms with Crippen LogP contribution in [0.5, 0.6) is 0 Å². The van der Waals surface area contributed by atoms with Crippen molar-refractivity contribution in [3.63, 3.8) is 0 Å². The Morgan fingerprint density at radius 2 is 1.96 bits per heavy atom. The second kappa shape index (κ2) is 8.02. The van der Waals surface area contributed by atoms with E-state index in [1.165, 1.54) is 7.11 Å². The molecule has 7 nitrogen and oxygen atoms in total. The van der Waals surface area contributed by atoms with Crippen LogP contribution in [0.3, 0.4) is 0 Å². The molecule has 1 aromatic carbocycles. The molecule has 2 aromatic rings. The number of hydrogen-bond acceptors (Lipinski definition) is 4. The Balaban J connectivity index is 2.16. The molecule has 0 aliphatic rings. The molecule has 0 aliphatic heterocycles. The van der Waals surface area contributed by atoms with E-state index >= 15 is 0 Å². The summed E-state index contributed by atoms with van der Waals surface area (Å²) in [7, 11) is 1.48. The number of ether oxygens (including phenoxy) is 2. The van der Waals surface area contributed by atoms with Crippen molar-refractivity contribution in [1.29, 1.82) is 0 Å². The Hall–Kier alpha value is -2.54. The lowest BCUT2D eigenvalue weighted by molar-refractivity contribution is -0.124. The average molecular weight is 347 g/mol. The first-order valence-electron chi connectivity index (χ1n) is 8.11. The van der Waals surface area contributed by atoms with Crippen molar-refractivity contribution in [3.05, 3.63) is 36.0 Å². The van der Waals surface area contributed by atoms with Gasteiger partial charge in [-0.1, -0.05) is 18.2 Å². The molecular formula is C18H25N3O4. The summed E-state index contributed by atoms with van der Waals surface area (Å²) in [6.07, 6.45) is 1.54. The van der Waals surface area contributed by atoms with Gasteiger partial charge >= 0.3 is 6.09 Å². The van der Waals surface area contributed by atoms with E-state index < -0.39 is 17.7 Å². The van der Waals surface area contributed by atoms with Crippen LogP contribution >= 0.6 is 0 Å². The van der Waals surface area contributed by atoms with Gasteiger partial charge in [-0.25, -0.2) is 4.79 Å². The van der Waals surface area contributed by atoms with Crippen LogP contribution < -0.4 is 10.6 Å². The van der Waals surface area contributed by atoms with Crippen molar-refractivity contribution in [1.82, 2.24) is 15.6 Å². The molecule has 0 spiro atoms. The number of H-pyrrole nitrogens is 1. The summed E-state index contributed by atoms with van der Waals surface area (Å²) in [5.74, 6) is -0.335. The molecule has 0 radical (unpaired) electrons. The molecule has 2 amide bonds. The molecule has 0 unspecified atom stereocenters. The van der Waals surface area contributed by atoms with Crippen LogP contribution in [0.1, 0.15) is 26.3 Å². The zero-order valence-electron chi connectivity index (χ0n) is 15.0. The predicted octanol–water partition coefficient (Wildman–Crippen LogP) is 2.32. The quantitative estimate of drug-likeness (QED) is 0.699. The number of aromatic nitrogens is 1. The maximum atomic E-state index is 12.4. The van der Waals surface area contributed by atoms with Crippen molar-refractivity contribution >= 4 is 22.9 Å². The van der Waals surface area contributed by atoms with Crippen LogP contribution in [-0.4, -0.2) is 42.5 Å². The maximum absolute atomic E-state index is 12.4. The van der Waals surface area contributed by atoms with E-state index in [2.05, 4.69) is 15.6 Å². The number of nitrogens with one attached hydrogen (secondary N) is 3. The molecular weight excluding hydrogens is 322 g/mol. The molecule has 1 heterocycles. The minimum atomic E-state index is -0.774. The van der Waals surface area contributed by atoms with Crippen LogP contribution in [0.15, 0.2) is 30.5 Å². The first-order valence-corrected chi connectivity index (χ1v) is 8.11. The summed E-state index contributed by atoms with van der Waals surface area (Å²) in [5.41, 5.74) is 1.27. The van der Waals surface area contributed by atoms with Crippen molar-refractivity contribution in [3.8, 4) is 0 Å². The van der Waals surface area contributed by atoms with E-state index in [1.807, 2.05) is 30.5 Å². The number of hydrogen-bond donors (Lipinski definition) is 3. The summed E-state index contributed by atoms with van der Waals surface area (Å²) in [6.45, 7) is 5.38. The fraction of sp³-hybridized carbons (Fsp3) is 0.444. The Morgan fingerprint density at radius 3 is 2.64 bits per heavy atom. The van der Waals surface area contributed by atoms with Gasteiger partial charge in [0.25, 0.3) is 0 Å². The molecule has 7 heteroatoms. The summed E-state index contributed by atoms with van der Waals surface area (Å²) in [6, 6.07) is 7.02. The van der Waals surface area contributed by atoms with Gasteiger partial charge in [0, 0.05) is 30.6 Å². The number of carbonyl (C=O) groups excluding carboxylic acids is 2. The van der Waals surface area contributed by atoms with Gasteiger partial charge in [-0.05, 0) is 32.4 Å². The zero-order valence-corrected chi connectivity index (χ0v) is 15.0. The number of carbonyl (C=O) groups is 2. The van der Waals surface area contributed by atoms with Crippen LogP contribution in [0, 0.1) is 0 Å². The highest BCUT2D eigenvalue weighted by Gasteiger charge is 2.25. The fourth-order valence-corrected chi connectivity index (χ4v) is 2.45. The van der Waals surface area contributed by atoms with Crippen molar-refractivity contribution < 1.29 is 19.1 Å². The molecule has 3 N–H and O–H groups in total. The molecule has 1 aromatic heterocycles. The number of methoxy groups -OCH3 is 1. The third kappa shape index (κ3) is 5.49. The number of benzene rings is 1. The van der Waals surface area contributed by atoms with E-state index in [4.69, 9.17) is 9.47 Å². The topological polar surface area (TPSA) is 92.5 Å². The third-order valence-corrected chi connectivity index (χ3v) is 3.50. The lowest BCUT2D eigenvalue weighted by Crippen LogP contribution is -2.49. The van der Waals surface area contributed by atoms with E-state index in [1.54, 1.807) is 20.8 Å². The molecule has 1 atom stereocenters. The van der Waals surface area contributed by atoms with Gasteiger partial charge in [0.1, 0.15) is 18.4 Å². The maximum Gasteiger partial charge on any atom is 0.408 e. The highest BCUT2D eigenvalue weighted by atomic mass is 16.6. The Bertz CT molecular complexity index is 733. The van der Waals surface area contributed by atoms with E-state index in [0.29, 0.717) is 6.42 Å².